The van der Waals surface area contributed by atoms with Crippen LogP contribution in [-0.2, 0) is 0 Å². The Morgan fingerprint density at radius 1 is 1.31 bits per heavy atom. The highest BCUT2D eigenvalue weighted by Crippen LogP contribution is 2.30. The third-order valence-electron chi connectivity index (χ3n) is 2.41. The first-order chi connectivity index (χ1) is 7.59. The molecule has 0 radical (unpaired) electrons. The summed E-state index contributed by atoms with van der Waals surface area (Å²) in [7, 11) is 0. The van der Waals surface area contributed by atoms with Gasteiger partial charge in [-0.2, -0.15) is 0 Å². The second-order valence-corrected chi connectivity index (χ2v) is 4.63. The molecule has 1 heterocycles. The zero-order valence-electron chi connectivity index (χ0n) is 9.02. The smallest absolute Gasteiger partial charge is 0.347 e. The van der Waals surface area contributed by atoms with Gasteiger partial charge in [-0.3, -0.25) is 0 Å². The summed E-state index contributed by atoms with van der Waals surface area (Å²) in [5.74, 6) is -0.921. The Morgan fingerprint density at radius 2 is 1.94 bits per heavy atom. The van der Waals surface area contributed by atoms with E-state index < -0.39 is 5.97 Å². The fraction of sp³-hybridized carbons (Fsp3) is 0.167. The van der Waals surface area contributed by atoms with Crippen molar-refractivity contribution in [2.24, 2.45) is 0 Å². The number of carboxylic acids is 1. The second-order valence-electron chi connectivity index (χ2n) is 3.60. The zero-order valence-corrected chi connectivity index (χ0v) is 9.84. The standard InChI is InChI=1S/C12H11NO2S/c1-7-4-3-5-8(2)10(7)11-13-6-9(16-11)12(14)15/h3-6H,1-2H3,(H,14,15). The van der Waals surface area contributed by atoms with E-state index in [9.17, 15) is 4.79 Å². The lowest BCUT2D eigenvalue weighted by atomic mass is 10.0. The SMILES string of the molecule is Cc1cccc(C)c1-c1ncc(C(=O)O)s1. The highest BCUT2D eigenvalue weighted by atomic mass is 32.1. The highest BCUT2D eigenvalue weighted by molar-refractivity contribution is 7.16. The molecule has 0 aliphatic carbocycles. The van der Waals surface area contributed by atoms with Crippen LogP contribution >= 0.6 is 11.3 Å². The summed E-state index contributed by atoms with van der Waals surface area (Å²) < 4.78 is 0. The lowest BCUT2D eigenvalue weighted by molar-refractivity contribution is 0.0702. The molecule has 16 heavy (non-hydrogen) atoms. The average Bonchev–Trinajstić information content (AvgIpc) is 2.66. The number of hydrogen-bond donors (Lipinski definition) is 1. The number of carboxylic acid groups (broad SMARTS) is 1. The van der Waals surface area contributed by atoms with Crippen molar-refractivity contribution in [3.8, 4) is 10.6 Å². The van der Waals surface area contributed by atoms with Crippen LogP contribution in [0.5, 0.6) is 0 Å². The Bertz CT molecular complexity index is 525. The van der Waals surface area contributed by atoms with Crippen molar-refractivity contribution in [1.82, 2.24) is 4.98 Å². The van der Waals surface area contributed by atoms with Gasteiger partial charge >= 0.3 is 5.97 Å². The molecule has 0 saturated carbocycles. The van der Waals surface area contributed by atoms with E-state index in [0.717, 1.165) is 21.7 Å². The Morgan fingerprint density at radius 3 is 2.44 bits per heavy atom. The predicted molar refractivity (Wildman–Crippen MR) is 64.0 cm³/mol. The van der Waals surface area contributed by atoms with Gasteiger partial charge in [0.25, 0.3) is 0 Å². The maximum atomic E-state index is 10.8. The van der Waals surface area contributed by atoms with Gasteiger partial charge in [0.1, 0.15) is 9.88 Å². The van der Waals surface area contributed by atoms with E-state index >= 15 is 0 Å². The van der Waals surface area contributed by atoms with Crippen LogP contribution in [0.25, 0.3) is 10.6 Å². The van der Waals surface area contributed by atoms with Gasteiger partial charge in [0.15, 0.2) is 0 Å². The van der Waals surface area contributed by atoms with Crippen LogP contribution in [0.15, 0.2) is 24.4 Å². The Hall–Kier alpha value is -1.68. The molecule has 0 fully saturated rings. The molecule has 0 atom stereocenters. The first kappa shape index (κ1) is 10.8. The minimum absolute atomic E-state index is 0.276. The van der Waals surface area contributed by atoms with Gasteiger partial charge in [-0.15, -0.1) is 11.3 Å². The van der Waals surface area contributed by atoms with E-state index in [4.69, 9.17) is 5.11 Å². The molecule has 82 valence electrons. The van der Waals surface area contributed by atoms with Crippen molar-refractivity contribution in [3.05, 3.63) is 40.4 Å². The number of carbonyl (C=O) groups is 1. The number of aromatic nitrogens is 1. The fourth-order valence-corrected chi connectivity index (χ4v) is 2.57. The third-order valence-corrected chi connectivity index (χ3v) is 3.41. The largest absolute Gasteiger partial charge is 0.477 e. The summed E-state index contributed by atoms with van der Waals surface area (Å²) in [5, 5.41) is 9.63. The molecule has 2 aromatic rings. The van der Waals surface area contributed by atoms with Crippen molar-refractivity contribution >= 4 is 17.3 Å². The van der Waals surface area contributed by atoms with Crippen LogP contribution in [0.3, 0.4) is 0 Å². The van der Waals surface area contributed by atoms with Crippen molar-refractivity contribution in [3.63, 3.8) is 0 Å². The summed E-state index contributed by atoms with van der Waals surface area (Å²) in [6.45, 7) is 4.01. The minimum Gasteiger partial charge on any atom is -0.477 e. The lowest BCUT2D eigenvalue weighted by Gasteiger charge is -2.05. The van der Waals surface area contributed by atoms with Gasteiger partial charge in [-0.05, 0) is 25.0 Å². The summed E-state index contributed by atoms with van der Waals surface area (Å²) in [6, 6.07) is 5.99. The molecular formula is C12H11NO2S. The topological polar surface area (TPSA) is 50.2 Å². The van der Waals surface area contributed by atoms with Gasteiger partial charge in [0, 0.05) is 5.56 Å². The molecule has 4 heteroatoms. The molecule has 3 nitrogen and oxygen atoms in total. The first-order valence-corrected chi connectivity index (χ1v) is 5.67. The lowest BCUT2D eigenvalue weighted by Crippen LogP contribution is -1.89. The summed E-state index contributed by atoms with van der Waals surface area (Å²) in [4.78, 5) is 15.2. The van der Waals surface area contributed by atoms with E-state index in [1.54, 1.807) is 0 Å². The number of aromatic carboxylic acids is 1. The predicted octanol–water partition coefficient (Wildman–Crippen LogP) is 3.13. The molecule has 2 rings (SSSR count). The number of rotatable bonds is 2. The number of hydrogen-bond acceptors (Lipinski definition) is 3. The zero-order chi connectivity index (χ0) is 11.7. The van der Waals surface area contributed by atoms with Crippen molar-refractivity contribution in [1.29, 1.82) is 0 Å². The number of benzene rings is 1. The summed E-state index contributed by atoms with van der Waals surface area (Å²) in [5.41, 5.74) is 3.28. The van der Waals surface area contributed by atoms with Crippen molar-refractivity contribution in [2.75, 3.05) is 0 Å². The van der Waals surface area contributed by atoms with Gasteiger partial charge in [0.05, 0.1) is 6.20 Å². The molecule has 0 aliphatic heterocycles. The Kier molecular flexibility index (Phi) is 2.75. The number of aryl methyl sites for hydroxylation is 2. The fourth-order valence-electron chi connectivity index (χ4n) is 1.64. The molecule has 1 aromatic carbocycles. The molecule has 1 N–H and O–H groups in total. The van der Waals surface area contributed by atoms with Crippen molar-refractivity contribution in [2.45, 2.75) is 13.8 Å². The molecule has 0 bridgehead atoms. The molecular weight excluding hydrogens is 222 g/mol. The van der Waals surface area contributed by atoms with Crippen LogP contribution < -0.4 is 0 Å². The van der Waals surface area contributed by atoms with Crippen LogP contribution in [0.4, 0.5) is 0 Å². The molecule has 0 unspecified atom stereocenters. The van der Waals surface area contributed by atoms with Gasteiger partial charge in [0.2, 0.25) is 0 Å². The average molecular weight is 233 g/mol. The van der Waals surface area contributed by atoms with E-state index in [1.165, 1.54) is 17.5 Å². The van der Waals surface area contributed by atoms with Gasteiger partial charge in [-0.25, -0.2) is 9.78 Å². The van der Waals surface area contributed by atoms with E-state index in [-0.39, 0.29) is 4.88 Å². The maximum absolute atomic E-state index is 10.8. The molecule has 0 spiro atoms. The number of thiazole rings is 1. The molecule has 0 aliphatic rings. The number of nitrogens with zero attached hydrogens (tertiary/aromatic N) is 1. The van der Waals surface area contributed by atoms with Crippen molar-refractivity contribution < 1.29 is 9.90 Å². The second kappa shape index (κ2) is 4.06. The quantitative estimate of drug-likeness (QED) is 0.867. The van der Waals surface area contributed by atoms with Crippen LogP contribution in [-0.4, -0.2) is 16.1 Å². The maximum Gasteiger partial charge on any atom is 0.347 e. The van der Waals surface area contributed by atoms with E-state index in [2.05, 4.69) is 4.98 Å². The Balaban J connectivity index is 2.54. The van der Waals surface area contributed by atoms with E-state index in [0.29, 0.717) is 0 Å². The summed E-state index contributed by atoms with van der Waals surface area (Å²) in [6.07, 6.45) is 1.41. The molecule has 0 saturated heterocycles. The molecule has 0 amide bonds. The van der Waals surface area contributed by atoms with Crippen LogP contribution in [0, 0.1) is 13.8 Å². The Labute approximate surface area is 97.4 Å². The highest BCUT2D eigenvalue weighted by Gasteiger charge is 2.12. The normalized spacial score (nSPS) is 10.4. The summed E-state index contributed by atoms with van der Waals surface area (Å²) >= 11 is 1.21. The third kappa shape index (κ3) is 1.84. The monoisotopic (exact) mass is 233 g/mol. The van der Waals surface area contributed by atoms with Gasteiger partial charge in [-0.1, -0.05) is 18.2 Å². The minimum atomic E-state index is -0.921. The first-order valence-electron chi connectivity index (χ1n) is 4.85. The van der Waals surface area contributed by atoms with Gasteiger partial charge < -0.3 is 5.11 Å². The van der Waals surface area contributed by atoms with Crippen LogP contribution in [0.1, 0.15) is 20.8 Å². The van der Waals surface area contributed by atoms with E-state index in [1.807, 2.05) is 32.0 Å². The molecule has 1 aromatic heterocycles. The van der Waals surface area contributed by atoms with Crippen LogP contribution in [0.2, 0.25) is 0 Å².